The Balaban J connectivity index is 1.74. The molecule has 0 unspecified atom stereocenters. The molecule has 1 fully saturated rings. The molecule has 0 aromatic heterocycles. The molecule has 1 N–H and O–H groups in total. The Morgan fingerprint density at radius 3 is 2.65 bits per heavy atom. The number of amides is 1. The number of hydrogen-bond acceptors (Lipinski definition) is 6. The van der Waals surface area contributed by atoms with Crippen LogP contribution >= 0.6 is 15.9 Å². The van der Waals surface area contributed by atoms with Gasteiger partial charge in [-0.2, -0.15) is 0 Å². The number of benzene rings is 3. The zero-order chi connectivity index (χ0) is 22.0. The highest BCUT2D eigenvalue weighted by Gasteiger charge is 2.23. The second-order valence-electron chi connectivity index (χ2n) is 7.00. The Labute approximate surface area is 187 Å². The van der Waals surface area contributed by atoms with E-state index in [0.29, 0.717) is 53.5 Å². The van der Waals surface area contributed by atoms with Crippen molar-refractivity contribution >= 4 is 49.7 Å². The maximum atomic E-state index is 13.3. The maximum absolute atomic E-state index is 13.3. The van der Waals surface area contributed by atoms with E-state index in [4.69, 9.17) is 9.47 Å². The highest BCUT2D eigenvalue weighted by atomic mass is 79.9. The minimum absolute atomic E-state index is 0.0366. The number of morpholine rings is 1. The molecular weight excluding hydrogens is 466 g/mol. The van der Waals surface area contributed by atoms with Gasteiger partial charge >= 0.3 is 0 Å². The first-order valence-corrected chi connectivity index (χ1v) is 10.5. The molecule has 4 rings (SSSR count). The third-order valence-corrected chi connectivity index (χ3v) is 5.97. The van der Waals surface area contributed by atoms with E-state index in [0.717, 1.165) is 10.8 Å². The van der Waals surface area contributed by atoms with Crippen LogP contribution in [0.1, 0.15) is 10.4 Å². The van der Waals surface area contributed by atoms with Crippen molar-refractivity contribution in [2.24, 2.45) is 0 Å². The molecule has 0 radical (unpaired) electrons. The van der Waals surface area contributed by atoms with E-state index in [2.05, 4.69) is 21.2 Å². The number of carbonyl (C=O) groups excluding carboxylic acids is 1. The first-order chi connectivity index (χ1) is 15.0. The third kappa shape index (κ3) is 4.19. The molecule has 0 atom stereocenters. The van der Waals surface area contributed by atoms with Crippen LogP contribution in [0.15, 0.2) is 53.0 Å². The predicted octanol–water partition coefficient (Wildman–Crippen LogP) is 4.61. The predicted molar refractivity (Wildman–Crippen MR) is 122 cm³/mol. The van der Waals surface area contributed by atoms with Crippen LogP contribution in [-0.4, -0.2) is 44.2 Å². The zero-order valence-electron chi connectivity index (χ0n) is 16.8. The Hall–Kier alpha value is -3.17. The molecule has 3 aromatic carbocycles. The molecule has 31 heavy (non-hydrogen) atoms. The van der Waals surface area contributed by atoms with Crippen molar-refractivity contribution in [3.63, 3.8) is 0 Å². The van der Waals surface area contributed by atoms with Gasteiger partial charge in [-0.05, 0) is 38.8 Å². The number of rotatable bonds is 5. The summed E-state index contributed by atoms with van der Waals surface area (Å²) in [5.41, 5.74) is 1.40. The van der Waals surface area contributed by atoms with Crippen LogP contribution in [0.2, 0.25) is 0 Å². The van der Waals surface area contributed by atoms with Gasteiger partial charge in [0.15, 0.2) is 0 Å². The second-order valence-corrected chi connectivity index (χ2v) is 7.80. The van der Waals surface area contributed by atoms with Crippen LogP contribution < -0.4 is 15.0 Å². The van der Waals surface area contributed by atoms with E-state index >= 15 is 0 Å². The molecule has 0 aliphatic carbocycles. The number of nitro groups is 1. The van der Waals surface area contributed by atoms with Crippen molar-refractivity contribution in [1.29, 1.82) is 0 Å². The number of fused-ring (bicyclic) bond motifs is 1. The first kappa shape index (κ1) is 21.1. The van der Waals surface area contributed by atoms with Gasteiger partial charge in [0.2, 0.25) is 0 Å². The van der Waals surface area contributed by atoms with Gasteiger partial charge in [0.05, 0.1) is 46.7 Å². The van der Waals surface area contributed by atoms with Gasteiger partial charge in [-0.25, -0.2) is 0 Å². The van der Waals surface area contributed by atoms with Crippen molar-refractivity contribution < 1.29 is 19.2 Å². The molecule has 1 aliphatic rings. The van der Waals surface area contributed by atoms with Gasteiger partial charge in [0, 0.05) is 25.2 Å². The fourth-order valence-electron chi connectivity index (χ4n) is 3.65. The average Bonchev–Trinajstić information content (AvgIpc) is 2.79. The minimum atomic E-state index is -0.445. The van der Waals surface area contributed by atoms with Gasteiger partial charge in [-0.3, -0.25) is 14.9 Å². The van der Waals surface area contributed by atoms with Crippen LogP contribution in [0.25, 0.3) is 10.8 Å². The molecule has 1 saturated heterocycles. The molecule has 160 valence electrons. The molecular formula is C22H20BrN3O5. The van der Waals surface area contributed by atoms with Crippen molar-refractivity contribution in [1.82, 2.24) is 0 Å². The van der Waals surface area contributed by atoms with E-state index < -0.39 is 4.92 Å². The summed E-state index contributed by atoms with van der Waals surface area (Å²) in [4.78, 5) is 26.1. The standard InChI is InChI=1S/C22H20BrN3O5/c1-30-21-17(12-14-4-2-3-5-16(14)20(21)23)22(27)24-18-7-6-15(26(28)29)13-19(18)25-8-10-31-11-9-25/h2-7,12-13H,8-11H2,1H3,(H,24,27). The summed E-state index contributed by atoms with van der Waals surface area (Å²) in [6, 6.07) is 13.9. The summed E-state index contributed by atoms with van der Waals surface area (Å²) in [6.07, 6.45) is 0. The normalized spacial score (nSPS) is 13.8. The van der Waals surface area contributed by atoms with E-state index in [-0.39, 0.29) is 11.6 Å². The van der Waals surface area contributed by atoms with Crippen molar-refractivity contribution in [3.8, 4) is 5.75 Å². The molecule has 3 aromatic rings. The number of non-ortho nitro benzene ring substituents is 1. The number of hydrogen-bond donors (Lipinski definition) is 1. The van der Waals surface area contributed by atoms with Gasteiger partial charge < -0.3 is 19.7 Å². The summed E-state index contributed by atoms with van der Waals surface area (Å²) in [5, 5.41) is 16.0. The van der Waals surface area contributed by atoms with E-state index in [1.807, 2.05) is 29.2 Å². The van der Waals surface area contributed by atoms with Crippen LogP contribution in [0.5, 0.6) is 5.75 Å². The summed E-state index contributed by atoms with van der Waals surface area (Å²) in [7, 11) is 1.51. The maximum Gasteiger partial charge on any atom is 0.271 e. The van der Waals surface area contributed by atoms with Gasteiger partial charge in [0.1, 0.15) is 5.75 Å². The van der Waals surface area contributed by atoms with Gasteiger partial charge in [-0.15, -0.1) is 0 Å². The summed E-state index contributed by atoms with van der Waals surface area (Å²) >= 11 is 3.55. The average molecular weight is 486 g/mol. The molecule has 0 bridgehead atoms. The number of halogens is 1. The summed E-state index contributed by atoms with van der Waals surface area (Å²) in [5.74, 6) is 0.0534. The lowest BCUT2D eigenvalue weighted by Gasteiger charge is -2.30. The Kier molecular flexibility index (Phi) is 6.06. The number of nitrogens with one attached hydrogen (secondary N) is 1. The Morgan fingerprint density at radius 1 is 1.19 bits per heavy atom. The molecule has 8 nitrogen and oxygen atoms in total. The van der Waals surface area contributed by atoms with Crippen LogP contribution in [0, 0.1) is 10.1 Å². The van der Waals surface area contributed by atoms with Crippen molar-refractivity contribution in [3.05, 3.63) is 68.7 Å². The smallest absolute Gasteiger partial charge is 0.271 e. The van der Waals surface area contributed by atoms with E-state index in [1.165, 1.54) is 19.2 Å². The molecule has 9 heteroatoms. The SMILES string of the molecule is COc1c(C(=O)Nc2ccc([N+](=O)[O-])cc2N2CCOCC2)cc2ccccc2c1Br. The number of methoxy groups -OCH3 is 1. The second kappa shape index (κ2) is 8.91. The van der Waals surface area contributed by atoms with Gasteiger partial charge in [0.25, 0.3) is 11.6 Å². The van der Waals surface area contributed by atoms with Crippen LogP contribution in [0.3, 0.4) is 0 Å². The highest BCUT2D eigenvalue weighted by Crippen LogP contribution is 2.38. The van der Waals surface area contributed by atoms with Crippen molar-refractivity contribution in [2.45, 2.75) is 0 Å². The zero-order valence-corrected chi connectivity index (χ0v) is 18.3. The fraction of sp³-hybridized carbons (Fsp3) is 0.227. The quantitative estimate of drug-likeness (QED) is 0.418. The Bertz CT molecular complexity index is 1160. The summed E-state index contributed by atoms with van der Waals surface area (Å²) < 4.78 is 11.6. The lowest BCUT2D eigenvalue weighted by atomic mass is 10.0. The lowest BCUT2D eigenvalue weighted by molar-refractivity contribution is -0.384. The monoisotopic (exact) mass is 485 g/mol. The minimum Gasteiger partial charge on any atom is -0.495 e. The Morgan fingerprint density at radius 2 is 1.94 bits per heavy atom. The molecule has 1 aliphatic heterocycles. The number of carbonyl (C=O) groups is 1. The van der Waals surface area contributed by atoms with E-state index in [9.17, 15) is 14.9 Å². The fourth-order valence-corrected chi connectivity index (χ4v) is 4.38. The van der Waals surface area contributed by atoms with Gasteiger partial charge in [-0.1, -0.05) is 24.3 Å². The summed E-state index contributed by atoms with van der Waals surface area (Å²) in [6.45, 7) is 2.19. The number of ether oxygens (including phenoxy) is 2. The topological polar surface area (TPSA) is 93.9 Å². The third-order valence-electron chi connectivity index (χ3n) is 5.18. The van der Waals surface area contributed by atoms with E-state index in [1.54, 1.807) is 12.1 Å². The number of anilines is 2. The molecule has 1 amide bonds. The van der Waals surface area contributed by atoms with Crippen LogP contribution in [0.4, 0.5) is 17.1 Å². The largest absolute Gasteiger partial charge is 0.495 e. The molecule has 0 spiro atoms. The lowest BCUT2D eigenvalue weighted by Crippen LogP contribution is -2.36. The molecule has 0 saturated carbocycles. The van der Waals surface area contributed by atoms with Crippen LogP contribution in [-0.2, 0) is 4.74 Å². The molecule has 1 heterocycles. The van der Waals surface area contributed by atoms with Crippen molar-refractivity contribution in [2.75, 3.05) is 43.6 Å². The highest BCUT2D eigenvalue weighted by molar-refractivity contribution is 9.10. The number of nitro benzene ring substituents is 1. The first-order valence-electron chi connectivity index (χ1n) is 9.67. The number of nitrogens with zero attached hydrogens (tertiary/aromatic N) is 2.